The lowest BCUT2D eigenvalue weighted by Gasteiger charge is -2.04. The number of nitrogens with two attached hydrogens (primary N) is 1. The standard InChI is InChI=1S/C18H18N4O2S/c1-11-16(12-5-9-15(24-2)10-6-12)21-18(25-11)20-14-7-3-13(4-8-14)17(23)22-19/h3-10H,19H2,1-2H3,(H,20,21)(H,22,23). The van der Waals surface area contributed by atoms with Crippen LogP contribution in [0, 0.1) is 6.92 Å². The number of hydrogen-bond donors (Lipinski definition) is 3. The molecule has 2 aromatic carbocycles. The molecule has 0 fully saturated rings. The Hall–Kier alpha value is -2.90. The largest absolute Gasteiger partial charge is 0.497 e. The van der Waals surface area contributed by atoms with Gasteiger partial charge in [-0.25, -0.2) is 10.8 Å². The number of hydrazine groups is 1. The number of aromatic nitrogens is 1. The maximum Gasteiger partial charge on any atom is 0.265 e. The molecule has 7 heteroatoms. The summed E-state index contributed by atoms with van der Waals surface area (Å²) in [6.07, 6.45) is 0. The number of methoxy groups -OCH3 is 1. The molecule has 0 aliphatic heterocycles. The number of aryl methyl sites for hydroxylation is 1. The molecule has 0 unspecified atom stereocenters. The number of nitrogens with one attached hydrogen (secondary N) is 2. The van der Waals surface area contributed by atoms with Crippen LogP contribution in [0.1, 0.15) is 15.2 Å². The summed E-state index contributed by atoms with van der Waals surface area (Å²) in [5.74, 6) is 5.62. The van der Waals surface area contributed by atoms with Crippen LogP contribution in [-0.4, -0.2) is 18.0 Å². The maximum atomic E-state index is 11.5. The lowest BCUT2D eigenvalue weighted by Crippen LogP contribution is -2.29. The van der Waals surface area contributed by atoms with Gasteiger partial charge >= 0.3 is 0 Å². The third kappa shape index (κ3) is 3.78. The summed E-state index contributed by atoms with van der Waals surface area (Å²) >= 11 is 1.58. The minimum Gasteiger partial charge on any atom is -0.497 e. The Labute approximate surface area is 149 Å². The number of thiazole rings is 1. The van der Waals surface area contributed by atoms with Crippen LogP contribution in [-0.2, 0) is 0 Å². The highest BCUT2D eigenvalue weighted by Crippen LogP contribution is 2.32. The summed E-state index contributed by atoms with van der Waals surface area (Å²) in [5.41, 5.74) is 5.44. The Morgan fingerprint density at radius 2 is 1.80 bits per heavy atom. The Morgan fingerprint density at radius 3 is 2.40 bits per heavy atom. The summed E-state index contributed by atoms with van der Waals surface area (Å²) in [6, 6.07) is 14.9. The van der Waals surface area contributed by atoms with Gasteiger partial charge < -0.3 is 10.1 Å². The van der Waals surface area contributed by atoms with Crippen molar-refractivity contribution in [3.8, 4) is 17.0 Å². The van der Waals surface area contributed by atoms with Gasteiger partial charge in [-0.2, -0.15) is 0 Å². The van der Waals surface area contributed by atoms with Crippen LogP contribution in [0.3, 0.4) is 0 Å². The molecule has 4 N–H and O–H groups in total. The van der Waals surface area contributed by atoms with Gasteiger partial charge in [-0.1, -0.05) is 0 Å². The second-order valence-electron chi connectivity index (χ2n) is 5.33. The number of benzene rings is 2. The molecule has 1 aromatic heterocycles. The maximum absolute atomic E-state index is 11.5. The normalized spacial score (nSPS) is 10.4. The Kier molecular flexibility index (Phi) is 4.97. The zero-order valence-electron chi connectivity index (χ0n) is 13.9. The molecular weight excluding hydrogens is 336 g/mol. The number of anilines is 2. The lowest BCUT2D eigenvalue weighted by atomic mass is 10.1. The van der Waals surface area contributed by atoms with Crippen molar-refractivity contribution in [1.82, 2.24) is 10.4 Å². The van der Waals surface area contributed by atoms with Crippen LogP contribution in [0.25, 0.3) is 11.3 Å². The zero-order valence-corrected chi connectivity index (χ0v) is 14.7. The molecule has 0 saturated heterocycles. The third-order valence-corrected chi connectivity index (χ3v) is 4.58. The van der Waals surface area contributed by atoms with Crippen molar-refractivity contribution < 1.29 is 9.53 Å². The van der Waals surface area contributed by atoms with Gasteiger partial charge in [0.15, 0.2) is 5.13 Å². The molecule has 128 valence electrons. The molecule has 0 bridgehead atoms. The summed E-state index contributed by atoms with van der Waals surface area (Å²) in [7, 11) is 1.65. The number of ether oxygens (including phenoxy) is 1. The van der Waals surface area contributed by atoms with Crippen molar-refractivity contribution >= 4 is 28.1 Å². The summed E-state index contributed by atoms with van der Waals surface area (Å²) in [6.45, 7) is 2.04. The van der Waals surface area contributed by atoms with Crippen molar-refractivity contribution in [2.24, 2.45) is 5.84 Å². The first-order valence-corrected chi connectivity index (χ1v) is 8.42. The number of amides is 1. The molecule has 0 aliphatic carbocycles. The lowest BCUT2D eigenvalue weighted by molar-refractivity contribution is 0.0953. The van der Waals surface area contributed by atoms with Gasteiger partial charge in [-0.3, -0.25) is 10.2 Å². The summed E-state index contributed by atoms with van der Waals surface area (Å²) < 4.78 is 5.19. The van der Waals surface area contributed by atoms with E-state index in [0.717, 1.165) is 32.7 Å². The second-order valence-corrected chi connectivity index (χ2v) is 6.53. The molecule has 1 amide bonds. The Bertz CT molecular complexity index is 873. The van der Waals surface area contributed by atoms with Crippen molar-refractivity contribution in [2.75, 3.05) is 12.4 Å². The van der Waals surface area contributed by atoms with Crippen molar-refractivity contribution in [1.29, 1.82) is 0 Å². The van der Waals surface area contributed by atoms with E-state index in [1.807, 2.05) is 43.3 Å². The smallest absolute Gasteiger partial charge is 0.265 e. The van der Waals surface area contributed by atoms with E-state index < -0.39 is 0 Å². The van der Waals surface area contributed by atoms with E-state index in [1.165, 1.54) is 0 Å². The van der Waals surface area contributed by atoms with Gasteiger partial charge in [0.05, 0.1) is 12.8 Å². The minimum atomic E-state index is -0.321. The van der Waals surface area contributed by atoms with Gasteiger partial charge in [0, 0.05) is 21.7 Å². The van der Waals surface area contributed by atoms with Crippen LogP contribution >= 0.6 is 11.3 Å². The number of nitrogens with zero attached hydrogens (tertiary/aromatic N) is 1. The highest BCUT2D eigenvalue weighted by molar-refractivity contribution is 7.16. The predicted molar refractivity (Wildman–Crippen MR) is 100 cm³/mol. The second kappa shape index (κ2) is 7.33. The fourth-order valence-electron chi connectivity index (χ4n) is 2.38. The molecular formula is C18H18N4O2S. The van der Waals surface area contributed by atoms with Crippen LogP contribution in [0.4, 0.5) is 10.8 Å². The zero-order chi connectivity index (χ0) is 17.8. The van der Waals surface area contributed by atoms with Crippen LogP contribution in [0.2, 0.25) is 0 Å². The highest BCUT2D eigenvalue weighted by atomic mass is 32.1. The number of carbonyl (C=O) groups excluding carboxylic acids is 1. The van der Waals surface area contributed by atoms with Gasteiger partial charge in [-0.05, 0) is 55.5 Å². The number of hydrogen-bond acceptors (Lipinski definition) is 6. The first-order valence-electron chi connectivity index (χ1n) is 7.60. The van der Waals surface area contributed by atoms with Crippen molar-refractivity contribution in [3.05, 3.63) is 59.0 Å². The van der Waals surface area contributed by atoms with Gasteiger partial charge in [-0.15, -0.1) is 11.3 Å². The Morgan fingerprint density at radius 1 is 1.12 bits per heavy atom. The van der Waals surface area contributed by atoms with E-state index in [0.29, 0.717) is 5.56 Å². The summed E-state index contributed by atoms with van der Waals surface area (Å²) in [4.78, 5) is 17.2. The van der Waals surface area contributed by atoms with Crippen molar-refractivity contribution in [3.63, 3.8) is 0 Å². The third-order valence-electron chi connectivity index (χ3n) is 3.69. The molecule has 0 aliphatic rings. The van der Waals surface area contributed by atoms with Crippen LogP contribution in [0.5, 0.6) is 5.75 Å². The fourth-order valence-corrected chi connectivity index (χ4v) is 3.23. The highest BCUT2D eigenvalue weighted by Gasteiger charge is 2.11. The summed E-state index contributed by atoms with van der Waals surface area (Å²) in [5, 5.41) is 4.05. The van der Waals surface area contributed by atoms with Gasteiger partial charge in [0.1, 0.15) is 5.75 Å². The van der Waals surface area contributed by atoms with Gasteiger partial charge in [0.2, 0.25) is 0 Å². The average Bonchev–Trinajstić information content (AvgIpc) is 3.02. The molecule has 6 nitrogen and oxygen atoms in total. The minimum absolute atomic E-state index is 0.321. The van der Waals surface area contributed by atoms with E-state index in [-0.39, 0.29) is 5.91 Å². The van der Waals surface area contributed by atoms with E-state index in [4.69, 9.17) is 10.6 Å². The number of carbonyl (C=O) groups is 1. The molecule has 0 saturated carbocycles. The first kappa shape index (κ1) is 16.9. The fraction of sp³-hybridized carbons (Fsp3) is 0.111. The monoisotopic (exact) mass is 354 g/mol. The van der Waals surface area contributed by atoms with E-state index in [2.05, 4.69) is 15.7 Å². The first-order chi connectivity index (χ1) is 12.1. The number of nitrogen functional groups attached to an aromatic ring is 1. The van der Waals surface area contributed by atoms with Gasteiger partial charge in [0.25, 0.3) is 5.91 Å². The predicted octanol–water partition coefficient (Wildman–Crippen LogP) is 3.47. The van der Waals surface area contributed by atoms with Crippen LogP contribution in [0.15, 0.2) is 48.5 Å². The number of rotatable bonds is 5. The molecule has 3 aromatic rings. The van der Waals surface area contributed by atoms with E-state index in [1.54, 1.807) is 30.6 Å². The molecule has 0 radical (unpaired) electrons. The molecule has 25 heavy (non-hydrogen) atoms. The van der Waals surface area contributed by atoms with E-state index in [9.17, 15) is 4.79 Å². The molecule has 0 atom stereocenters. The molecule has 1 heterocycles. The van der Waals surface area contributed by atoms with E-state index >= 15 is 0 Å². The van der Waals surface area contributed by atoms with Crippen LogP contribution < -0.4 is 21.3 Å². The quantitative estimate of drug-likeness (QED) is 0.371. The molecule has 0 spiro atoms. The topological polar surface area (TPSA) is 89.3 Å². The average molecular weight is 354 g/mol. The molecule has 3 rings (SSSR count). The SMILES string of the molecule is COc1ccc(-c2nc(Nc3ccc(C(=O)NN)cc3)sc2C)cc1. The Balaban J connectivity index is 1.79. The van der Waals surface area contributed by atoms with Crippen molar-refractivity contribution in [2.45, 2.75) is 6.92 Å².